The molecule has 1 heterocycles. The fourth-order valence-corrected chi connectivity index (χ4v) is 1.04. The SMILES string of the molecule is COc1c[nH]c(OC(F)(F)F)c(C(=O)O)c1=O. The van der Waals surface area contributed by atoms with Gasteiger partial charge in [-0.05, 0) is 0 Å². The lowest BCUT2D eigenvalue weighted by atomic mass is 10.2. The fourth-order valence-electron chi connectivity index (χ4n) is 1.04. The van der Waals surface area contributed by atoms with Gasteiger partial charge >= 0.3 is 12.3 Å². The number of carboxylic acids is 1. The molecule has 1 rings (SSSR count). The molecule has 0 bridgehead atoms. The van der Waals surface area contributed by atoms with E-state index in [1.54, 1.807) is 0 Å². The average molecular weight is 253 g/mol. The minimum atomic E-state index is -5.11. The van der Waals surface area contributed by atoms with E-state index in [2.05, 4.69) is 9.47 Å². The minimum Gasteiger partial charge on any atom is -0.491 e. The van der Waals surface area contributed by atoms with Gasteiger partial charge in [0.2, 0.25) is 11.3 Å². The number of aromatic amines is 1. The average Bonchev–Trinajstić information content (AvgIpc) is 2.14. The predicted octanol–water partition coefficient (Wildman–Crippen LogP) is 0.980. The second-order valence-corrected chi connectivity index (χ2v) is 2.74. The number of carbonyl (C=O) groups is 1. The van der Waals surface area contributed by atoms with E-state index in [9.17, 15) is 22.8 Å². The molecule has 0 aromatic carbocycles. The molecule has 9 heteroatoms. The number of hydrogen-bond donors (Lipinski definition) is 2. The maximum absolute atomic E-state index is 11.9. The summed E-state index contributed by atoms with van der Waals surface area (Å²) < 4.78 is 43.7. The number of carboxylic acid groups (broad SMARTS) is 1. The number of halogens is 3. The van der Waals surface area contributed by atoms with Crippen LogP contribution in [0.5, 0.6) is 11.6 Å². The molecular formula is C8H6F3NO5. The van der Waals surface area contributed by atoms with E-state index >= 15 is 0 Å². The second kappa shape index (κ2) is 4.36. The van der Waals surface area contributed by atoms with Crippen LogP contribution < -0.4 is 14.9 Å². The van der Waals surface area contributed by atoms with Crippen LogP contribution in [0.25, 0.3) is 0 Å². The van der Waals surface area contributed by atoms with Crippen molar-refractivity contribution >= 4 is 5.97 Å². The Labute approximate surface area is 91.6 Å². The number of H-pyrrole nitrogens is 1. The first-order valence-corrected chi connectivity index (χ1v) is 4.05. The molecule has 17 heavy (non-hydrogen) atoms. The van der Waals surface area contributed by atoms with Gasteiger partial charge in [-0.3, -0.25) is 4.79 Å². The first-order valence-electron chi connectivity index (χ1n) is 4.05. The smallest absolute Gasteiger partial charge is 0.491 e. The summed E-state index contributed by atoms with van der Waals surface area (Å²) in [6.07, 6.45) is -4.34. The Kier molecular flexibility index (Phi) is 3.30. The third-order valence-electron chi connectivity index (χ3n) is 1.66. The highest BCUT2D eigenvalue weighted by Crippen LogP contribution is 2.23. The maximum Gasteiger partial charge on any atom is 0.574 e. The lowest BCUT2D eigenvalue weighted by molar-refractivity contribution is -0.276. The number of alkyl halides is 3. The molecule has 0 saturated carbocycles. The normalized spacial score (nSPS) is 11.1. The summed E-state index contributed by atoms with van der Waals surface area (Å²) in [5.74, 6) is -3.49. The molecule has 1 aromatic rings. The first kappa shape index (κ1) is 12.9. The standard InChI is InChI=1S/C8H6F3NO5/c1-16-3-2-12-6(17-8(9,10)11)4(5(3)13)7(14)15/h2H,1H3,(H,12,13)(H,14,15). The molecule has 94 valence electrons. The van der Waals surface area contributed by atoms with Crippen LogP contribution in [-0.2, 0) is 0 Å². The number of nitrogens with one attached hydrogen (secondary N) is 1. The lowest BCUT2D eigenvalue weighted by Crippen LogP contribution is -2.24. The summed E-state index contributed by atoms with van der Waals surface area (Å²) in [6, 6.07) is 0. The van der Waals surface area contributed by atoms with Crippen molar-refractivity contribution in [2.75, 3.05) is 7.11 Å². The summed E-state index contributed by atoms with van der Waals surface area (Å²) >= 11 is 0. The van der Waals surface area contributed by atoms with Crippen molar-refractivity contribution in [3.8, 4) is 11.6 Å². The van der Waals surface area contributed by atoms with Gasteiger partial charge in [-0.25, -0.2) is 4.79 Å². The fraction of sp³-hybridized carbons (Fsp3) is 0.250. The Morgan fingerprint density at radius 2 is 2.06 bits per heavy atom. The number of hydrogen-bond acceptors (Lipinski definition) is 4. The van der Waals surface area contributed by atoms with Gasteiger partial charge < -0.3 is 19.6 Å². The summed E-state index contributed by atoms with van der Waals surface area (Å²) in [5.41, 5.74) is -2.39. The van der Waals surface area contributed by atoms with E-state index in [4.69, 9.17) is 5.11 Å². The summed E-state index contributed by atoms with van der Waals surface area (Å²) in [4.78, 5) is 23.9. The molecule has 2 N–H and O–H groups in total. The van der Waals surface area contributed by atoms with Crippen molar-refractivity contribution in [2.24, 2.45) is 0 Å². The largest absolute Gasteiger partial charge is 0.574 e. The minimum absolute atomic E-state index is 0.433. The van der Waals surface area contributed by atoms with Crippen molar-refractivity contribution in [3.05, 3.63) is 22.0 Å². The molecule has 0 unspecified atom stereocenters. The zero-order valence-electron chi connectivity index (χ0n) is 8.29. The molecule has 0 fully saturated rings. The van der Waals surface area contributed by atoms with Gasteiger partial charge in [0.05, 0.1) is 13.3 Å². The number of pyridine rings is 1. The quantitative estimate of drug-likeness (QED) is 0.838. The van der Waals surface area contributed by atoms with E-state index in [1.807, 2.05) is 4.98 Å². The van der Waals surface area contributed by atoms with Crippen LogP contribution in [0.3, 0.4) is 0 Å². The van der Waals surface area contributed by atoms with Crippen LogP contribution >= 0.6 is 0 Å². The van der Waals surface area contributed by atoms with Crippen LogP contribution in [0.2, 0.25) is 0 Å². The molecule has 1 aromatic heterocycles. The zero-order valence-corrected chi connectivity index (χ0v) is 8.29. The van der Waals surface area contributed by atoms with E-state index in [-0.39, 0.29) is 0 Å². The number of aromatic nitrogens is 1. The van der Waals surface area contributed by atoms with Gasteiger partial charge in [-0.15, -0.1) is 13.2 Å². The van der Waals surface area contributed by atoms with Crippen LogP contribution in [0.1, 0.15) is 10.4 Å². The van der Waals surface area contributed by atoms with Crippen LogP contribution in [0, 0.1) is 0 Å². The first-order chi connectivity index (χ1) is 7.76. The van der Waals surface area contributed by atoms with Crippen molar-refractivity contribution in [1.29, 1.82) is 0 Å². The van der Waals surface area contributed by atoms with E-state index < -0.39 is 35.0 Å². The van der Waals surface area contributed by atoms with Crippen LogP contribution in [-0.4, -0.2) is 29.5 Å². The molecule has 0 radical (unpaired) electrons. The third kappa shape index (κ3) is 2.89. The number of rotatable bonds is 3. The van der Waals surface area contributed by atoms with Gasteiger partial charge in [0.15, 0.2) is 11.3 Å². The number of aromatic carboxylic acids is 1. The molecule has 6 nitrogen and oxygen atoms in total. The van der Waals surface area contributed by atoms with E-state index in [0.29, 0.717) is 0 Å². The summed E-state index contributed by atoms with van der Waals surface area (Å²) in [5, 5.41) is 8.64. The molecule has 0 atom stereocenters. The predicted molar refractivity (Wildman–Crippen MR) is 47.3 cm³/mol. The van der Waals surface area contributed by atoms with Gasteiger partial charge in [-0.1, -0.05) is 0 Å². The molecular weight excluding hydrogens is 247 g/mol. The highest BCUT2D eigenvalue weighted by Gasteiger charge is 2.34. The van der Waals surface area contributed by atoms with Gasteiger partial charge in [0, 0.05) is 0 Å². The highest BCUT2D eigenvalue weighted by atomic mass is 19.4. The molecule has 0 aliphatic rings. The Bertz CT molecular complexity index is 493. The van der Waals surface area contributed by atoms with Crippen molar-refractivity contribution in [1.82, 2.24) is 4.98 Å². The molecule has 0 aliphatic carbocycles. The topological polar surface area (TPSA) is 88.6 Å². The molecule has 0 amide bonds. The van der Waals surface area contributed by atoms with Gasteiger partial charge in [0.1, 0.15) is 0 Å². The van der Waals surface area contributed by atoms with E-state index in [1.165, 1.54) is 0 Å². The second-order valence-electron chi connectivity index (χ2n) is 2.74. The molecule has 0 spiro atoms. The third-order valence-corrected chi connectivity index (χ3v) is 1.66. The molecule has 0 aliphatic heterocycles. The summed E-state index contributed by atoms with van der Waals surface area (Å²) in [6.45, 7) is 0. The Morgan fingerprint density at radius 3 is 2.47 bits per heavy atom. The van der Waals surface area contributed by atoms with Crippen molar-refractivity contribution < 1.29 is 32.5 Å². The summed E-state index contributed by atoms with van der Waals surface area (Å²) in [7, 11) is 1.07. The van der Waals surface area contributed by atoms with Crippen LogP contribution in [0.15, 0.2) is 11.0 Å². The van der Waals surface area contributed by atoms with Gasteiger partial charge in [-0.2, -0.15) is 0 Å². The Balaban J connectivity index is 3.37. The van der Waals surface area contributed by atoms with E-state index in [0.717, 1.165) is 13.3 Å². The monoisotopic (exact) mass is 253 g/mol. The lowest BCUT2D eigenvalue weighted by Gasteiger charge is -2.11. The Morgan fingerprint density at radius 1 is 1.47 bits per heavy atom. The molecule has 0 saturated heterocycles. The zero-order chi connectivity index (χ0) is 13.2. The van der Waals surface area contributed by atoms with Gasteiger partial charge in [0.25, 0.3) is 0 Å². The van der Waals surface area contributed by atoms with Crippen molar-refractivity contribution in [2.45, 2.75) is 6.36 Å². The maximum atomic E-state index is 11.9. The number of ether oxygens (including phenoxy) is 2. The highest BCUT2D eigenvalue weighted by molar-refractivity contribution is 5.90. The Hall–Kier alpha value is -2.19. The van der Waals surface area contributed by atoms with Crippen molar-refractivity contribution in [3.63, 3.8) is 0 Å². The van der Waals surface area contributed by atoms with Crippen LogP contribution in [0.4, 0.5) is 13.2 Å². The number of methoxy groups -OCH3 is 1.